The summed E-state index contributed by atoms with van der Waals surface area (Å²) in [5.74, 6) is -0.716. The van der Waals surface area contributed by atoms with E-state index in [9.17, 15) is 14.3 Å². The summed E-state index contributed by atoms with van der Waals surface area (Å²) < 4.78 is 18.7. The maximum atomic E-state index is 13.7. The lowest BCUT2D eigenvalue weighted by atomic mass is 10.0. The molecule has 1 unspecified atom stereocenters. The van der Waals surface area contributed by atoms with Crippen LogP contribution in [-0.4, -0.2) is 30.8 Å². The van der Waals surface area contributed by atoms with Gasteiger partial charge in [-0.3, -0.25) is 4.79 Å². The number of amides is 1. The first kappa shape index (κ1) is 15.4. The van der Waals surface area contributed by atoms with E-state index in [-0.39, 0.29) is 17.9 Å². The molecule has 5 heteroatoms. The van der Waals surface area contributed by atoms with E-state index in [0.717, 1.165) is 0 Å². The van der Waals surface area contributed by atoms with Crippen LogP contribution in [0.2, 0.25) is 0 Å². The van der Waals surface area contributed by atoms with E-state index in [1.54, 1.807) is 0 Å². The SMILES string of the molecule is COc1cccc(F)c1C(=O)NC(CO)CC(C)C. The lowest BCUT2D eigenvalue weighted by molar-refractivity contribution is 0.0901. The Balaban J connectivity index is 2.88. The zero-order valence-electron chi connectivity index (χ0n) is 11.4. The fourth-order valence-electron chi connectivity index (χ4n) is 1.90. The zero-order valence-corrected chi connectivity index (χ0v) is 11.4. The van der Waals surface area contributed by atoms with Crippen LogP contribution in [0.5, 0.6) is 5.75 Å². The van der Waals surface area contributed by atoms with Gasteiger partial charge in [-0.1, -0.05) is 19.9 Å². The molecule has 0 aliphatic carbocycles. The number of nitrogens with one attached hydrogen (secondary N) is 1. The second-order valence-corrected chi connectivity index (χ2v) is 4.80. The van der Waals surface area contributed by atoms with Gasteiger partial charge in [0.25, 0.3) is 5.91 Å². The fraction of sp³-hybridized carbons (Fsp3) is 0.500. The van der Waals surface area contributed by atoms with Gasteiger partial charge in [-0.2, -0.15) is 0 Å². The van der Waals surface area contributed by atoms with E-state index in [2.05, 4.69) is 5.32 Å². The smallest absolute Gasteiger partial charge is 0.258 e. The van der Waals surface area contributed by atoms with E-state index >= 15 is 0 Å². The molecule has 0 aliphatic rings. The average molecular weight is 269 g/mol. The van der Waals surface area contributed by atoms with Crippen LogP contribution < -0.4 is 10.1 Å². The van der Waals surface area contributed by atoms with Crippen LogP contribution in [-0.2, 0) is 0 Å². The number of ether oxygens (including phenoxy) is 1. The maximum Gasteiger partial charge on any atom is 0.258 e. The molecule has 0 aromatic heterocycles. The standard InChI is InChI=1S/C14H20FNO3/c1-9(2)7-10(8-17)16-14(18)13-11(15)5-4-6-12(13)19-3/h4-6,9-10,17H,7-8H2,1-3H3,(H,16,18). The minimum atomic E-state index is -0.641. The summed E-state index contributed by atoms with van der Waals surface area (Å²) in [6, 6.07) is 3.81. The highest BCUT2D eigenvalue weighted by Gasteiger charge is 2.20. The molecule has 0 heterocycles. The van der Waals surface area contributed by atoms with E-state index in [1.165, 1.54) is 25.3 Å². The van der Waals surface area contributed by atoms with Crippen molar-refractivity contribution in [2.75, 3.05) is 13.7 Å². The van der Waals surface area contributed by atoms with Crippen LogP contribution in [0.25, 0.3) is 0 Å². The second kappa shape index (κ2) is 7.09. The first-order chi connectivity index (χ1) is 8.99. The van der Waals surface area contributed by atoms with Gasteiger partial charge in [0.2, 0.25) is 0 Å². The van der Waals surface area contributed by atoms with Gasteiger partial charge in [0.1, 0.15) is 17.1 Å². The monoisotopic (exact) mass is 269 g/mol. The van der Waals surface area contributed by atoms with E-state index in [4.69, 9.17) is 4.74 Å². The molecule has 0 saturated carbocycles. The maximum absolute atomic E-state index is 13.7. The van der Waals surface area contributed by atoms with Crippen LogP contribution >= 0.6 is 0 Å². The Kier molecular flexibility index (Phi) is 5.76. The topological polar surface area (TPSA) is 58.6 Å². The summed E-state index contributed by atoms with van der Waals surface area (Å²) in [6.45, 7) is 3.79. The Labute approximate surface area is 112 Å². The third kappa shape index (κ3) is 4.21. The molecule has 2 N–H and O–H groups in total. The third-order valence-corrected chi connectivity index (χ3v) is 2.73. The molecule has 1 aromatic carbocycles. The molecule has 0 bridgehead atoms. The van der Waals surface area contributed by atoms with Gasteiger partial charge in [-0.25, -0.2) is 4.39 Å². The number of hydrogen-bond donors (Lipinski definition) is 2. The molecular formula is C14H20FNO3. The summed E-state index contributed by atoms with van der Waals surface area (Å²) >= 11 is 0. The highest BCUT2D eigenvalue weighted by molar-refractivity contribution is 5.97. The molecule has 1 aromatic rings. The molecule has 4 nitrogen and oxygen atoms in total. The first-order valence-electron chi connectivity index (χ1n) is 6.23. The van der Waals surface area contributed by atoms with Crippen molar-refractivity contribution >= 4 is 5.91 Å². The summed E-state index contributed by atoms with van der Waals surface area (Å²) in [4.78, 5) is 12.1. The quantitative estimate of drug-likeness (QED) is 0.830. The van der Waals surface area contributed by atoms with Crippen LogP contribution in [0, 0.1) is 11.7 Å². The second-order valence-electron chi connectivity index (χ2n) is 4.80. The van der Waals surface area contributed by atoms with Gasteiger partial charge in [0.15, 0.2) is 0 Å². The van der Waals surface area contributed by atoms with Crippen molar-refractivity contribution in [2.24, 2.45) is 5.92 Å². The summed E-state index contributed by atoms with van der Waals surface area (Å²) in [7, 11) is 1.38. The number of methoxy groups -OCH3 is 1. The predicted molar refractivity (Wildman–Crippen MR) is 70.7 cm³/mol. The van der Waals surface area contributed by atoms with Crippen molar-refractivity contribution in [2.45, 2.75) is 26.3 Å². The number of aliphatic hydroxyl groups excluding tert-OH is 1. The van der Waals surface area contributed by atoms with Crippen LogP contribution in [0.1, 0.15) is 30.6 Å². The zero-order chi connectivity index (χ0) is 14.4. The number of aliphatic hydroxyl groups is 1. The first-order valence-corrected chi connectivity index (χ1v) is 6.23. The summed E-state index contributed by atoms with van der Waals surface area (Å²) in [6.07, 6.45) is 0.624. The van der Waals surface area contributed by atoms with Gasteiger partial charge in [-0.05, 0) is 24.5 Å². The highest BCUT2D eigenvalue weighted by Crippen LogP contribution is 2.21. The Morgan fingerprint density at radius 2 is 2.16 bits per heavy atom. The van der Waals surface area contributed by atoms with Crippen molar-refractivity contribution < 1.29 is 19.0 Å². The highest BCUT2D eigenvalue weighted by atomic mass is 19.1. The van der Waals surface area contributed by atoms with Crippen molar-refractivity contribution in [1.29, 1.82) is 0 Å². The number of halogens is 1. The molecule has 106 valence electrons. The van der Waals surface area contributed by atoms with E-state index < -0.39 is 17.8 Å². The van der Waals surface area contributed by atoms with Gasteiger partial charge >= 0.3 is 0 Å². The Hall–Kier alpha value is -1.62. The predicted octanol–water partition coefficient (Wildman–Crippen LogP) is 1.97. The minimum Gasteiger partial charge on any atom is -0.496 e. The lowest BCUT2D eigenvalue weighted by Gasteiger charge is -2.19. The molecule has 1 amide bonds. The van der Waals surface area contributed by atoms with Gasteiger partial charge in [-0.15, -0.1) is 0 Å². The van der Waals surface area contributed by atoms with Crippen molar-refractivity contribution in [3.8, 4) is 5.75 Å². The number of benzene rings is 1. The molecular weight excluding hydrogens is 249 g/mol. The average Bonchev–Trinajstić information content (AvgIpc) is 2.36. The van der Waals surface area contributed by atoms with Crippen LogP contribution in [0.4, 0.5) is 4.39 Å². The molecule has 0 radical (unpaired) electrons. The fourth-order valence-corrected chi connectivity index (χ4v) is 1.90. The van der Waals surface area contributed by atoms with E-state index in [0.29, 0.717) is 12.3 Å². The van der Waals surface area contributed by atoms with Gasteiger partial charge < -0.3 is 15.2 Å². The Morgan fingerprint density at radius 3 is 2.68 bits per heavy atom. The molecule has 0 saturated heterocycles. The molecule has 0 spiro atoms. The normalized spacial score (nSPS) is 12.3. The summed E-state index contributed by atoms with van der Waals surface area (Å²) in [5.41, 5.74) is -0.132. The van der Waals surface area contributed by atoms with Crippen molar-refractivity contribution in [3.05, 3.63) is 29.6 Å². The van der Waals surface area contributed by atoms with Crippen molar-refractivity contribution in [3.63, 3.8) is 0 Å². The largest absolute Gasteiger partial charge is 0.496 e. The number of rotatable bonds is 6. The Bertz CT molecular complexity index is 435. The lowest BCUT2D eigenvalue weighted by Crippen LogP contribution is -2.39. The Morgan fingerprint density at radius 1 is 1.47 bits per heavy atom. The summed E-state index contributed by atoms with van der Waals surface area (Å²) in [5, 5.41) is 11.8. The molecule has 0 aliphatic heterocycles. The molecule has 1 atom stereocenters. The third-order valence-electron chi connectivity index (χ3n) is 2.73. The molecule has 1 rings (SSSR count). The van der Waals surface area contributed by atoms with Crippen LogP contribution in [0.15, 0.2) is 18.2 Å². The van der Waals surface area contributed by atoms with Gasteiger partial charge in [0.05, 0.1) is 19.8 Å². The molecule has 19 heavy (non-hydrogen) atoms. The number of carbonyl (C=O) groups is 1. The minimum absolute atomic E-state index is 0.132. The van der Waals surface area contributed by atoms with Crippen molar-refractivity contribution in [1.82, 2.24) is 5.32 Å². The number of hydrogen-bond acceptors (Lipinski definition) is 3. The number of carbonyl (C=O) groups excluding carboxylic acids is 1. The molecule has 0 fully saturated rings. The van der Waals surface area contributed by atoms with Crippen LogP contribution in [0.3, 0.4) is 0 Å². The van der Waals surface area contributed by atoms with E-state index in [1.807, 2.05) is 13.8 Å². The van der Waals surface area contributed by atoms with Gasteiger partial charge in [0, 0.05) is 0 Å².